The van der Waals surface area contributed by atoms with Gasteiger partial charge in [-0.15, -0.1) is 24.0 Å². The van der Waals surface area contributed by atoms with Crippen molar-refractivity contribution in [3.8, 4) is 5.75 Å². The lowest BCUT2D eigenvalue weighted by molar-refractivity contribution is 0.0389. The van der Waals surface area contributed by atoms with Gasteiger partial charge in [-0.2, -0.15) is 0 Å². The molecule has 0 radical (unpaired) electrons. The smallest absolute Gasteiger partial charge is 0.191 e. The standard InChI is InChI=1S/C20H32N4O2.HI/c1-3-21-19(22-10-11-24-12-14-26-15-13-24)23-16-20(8-9-20)17-6-4-5-7-18(17)25-2;/h4-7H,3,8-16H2,1-2H3,(H2,21,22,23);1H. The van der Waals surface area contributed by atoms with E-state index in [1.165, 1.54) is 18.4 Å². The number of halogens is 1. The fourth-order valence-electron chi connectivity index (χ4n) is 3.48. The van der Waals surface area contributed by atoms with Crippen LogP contribution < -0.4 is 15.4 Å². The molecule has 1 aliphatic carbocycles. The number of ether oxygens (including phenoxy) is 2. The first kappa shape index (κ1) is 22.2. The summed E-state index contributed by atoms with van der Waals surface area (Å²) in [7, 11) is 1.75. The number of aliphatic imine (C=N–C) groups is 1. The van der Waals surface area contributed by atoms with E-state index in [9.17, 15) is 0 Å². The average Bonchev–Trinajstić information content (AvgIpc) is 3.48. The number of hydrogen-bond acceptors (Lipinski definition) is 4. The van der Waals surface area contributed by atoms with Crippen LogP contribution in [-0.4, -0.2) is 70.5 Å². The maximum Gasteiger partial charge on any atom is 0.191 e. The van der Waals surface area contributed by atoms with Gasteiger partial charge in [0.25, 0.3) is 0 Å². The number of methoxy groups -OCH3 is 1. The van der Waals surface area contributed by atoms with Crippen molar-refractivity contribution in [2.45, 2.75) is 25.2 Å². The number of nitrogens with one attached hydrogen (secondary N) is 2. The maximum atomic E-state index is 5.56. The van der Waals surface area contributed by atoms with Crippen molar-refractivity contribution in [1.82, 2.24) is 15.5 Å². The molecule has 27 heavy (non-hydrogen) atoms. The van der Waals surface area contributed by atoms with E-state index < -0.39 is 0 Å². The van der Waals surface area contributed by atoms with Crippen LogP contribution in [0.4, 0.5) is 0 Å². The van der Waals surface area contributed by atoms with E-state index in [2.05, 4.69) is 34.6 Å². The van der Waals surface area contributed by atoms with Gasteiger partial charge in [0, 0.05) is 43.7 Å². The second kappa shape index (κ2) is 11.1. The molecule has 7 heteroatoms. The molecule has 0 bridgehead atoms. The van der Waals surface area contributed by atoms with Crippen LogP contribution in [0.15, 0.2) is 29.3 Å². The fraction of sp³-hybridized carbons (Fsp3) is 0.650. The molecule has 2 N–H and O–H groups in total. The molecule has 3 rings (SSSR count). The van der Waals surface area contributed by atoms with Crippen LogP contribution in [0.1, 0.15) is 25.3 Å². The van der Waals surface area contributed by atoms with Crippen LogP contribution in [0.2, 0.25) is 0 Å². The molecular weight excluding hydrogens is 455 g/mol. The Morgan fingerprint density at radius 1 is 1.22 bits per heavy atom. The highest BCUT2D eigenvalue weighted by atomic mass is 127. The first-order chi connectivity index (χ1) is 12.8. The molecule has 0 atom stereocenters. The van der Waals surface area contributed by atoms with Gasteiger partial charge in [-0.3, -0.25) is 9.89 Å². The number of morpholine rings is 1. The summed E-state index contributed by atoms with van der Waals surface area (Å²) in [5.74, 6) is 1.88. The Bertz CT molecular complexity index is 601. The van der Waals surface area contributed by atoms with Gasteiger partial charge in [-0.05, 0) is 25.8 Å². The third kappa shape index (κ3) is 6.22. The Hall–Kier alpha value is -1.06. The highest BCUT2D eigenvalue weighted by Gasteiger charge is 2.46. The summed E-state index contributed by atoms with van der Waals surface area (Å²) in [5.41, 5.74) is 1.43. The monoisotopic (exact) mass is 488 g/mol. The molecule has 1 aliphatic heterocycles. The van der Waals surface area contributed by atoms with Crippen molar-refractivity contribution in [1.29, 1.82) is 0 Å². The van der Waals surface area contributed by atoms with Gasteiger partial charge in [-0.25, -0.2) is 0 Å². The third-order valence-electron chi connectivity index (χ3n) is 5.24. The second-order valence-corrected chi connectivity index (χ2v) is 7.06. The van der Waals surface area contributed by atoms with Crippen molar-refractivity contribution in [2.75, 3.05) is 59.6 Å². The zero-order valence-corrected chi connectivity index (χ0v) is 18.8. The Morgan fingerprint density at radius 3 is 2.63 bits per heavy atom. The lowest BCUT2D eigenvalue weighted by atomic mass is 9.95. The molecule has 1 aromatic carbocycles. The molecule has 0 unspecified atom stereocenters. The Labute approximate surface area is 180 Å². The minimum absolute atomic E-state index is 0. The second-order valence-electron chi connectivity index (χ2n) is 7.06. The summed E-state index contributed by atoms with van der Waals surface area (Å²) in [6.07, 6.45) is 2.34. The van der Waals surface area contributed by atoms with E-state index >= 15 is 0 Å². The number of nitrogens with zero attached hydrogens (tertiary/aromatic N) is 2. The maximum absolute atomic E-state index is 5.56. The van der Waals surface area contributed by atoms with Crippen LogP contribution in [-0.2, 0) is 10.2 Å². The van der Waals surface area contributed by atoms with Crippen LogP contribution >= 0.6 is 24.0 Å². The highest BCUT2D eigenvalue weighted by Crippen LogP contribution is 2.51. The molecule has 6 nitrogen and oxygen atoms in total. The predicted octanol–water partition coefficient (Wildman–Crippen LogP) is 2.23. The van der Waals surface area contributed by atoms with E-state index in [0.29, 0.717) is 0 Å². The molecule has 2 aliphatic rings. The van der Waals surface area contributed by atoms with E-state index in [1.807, 2.05) is 12.1 Å². The van der Waals surface area contributed by atoms with Crippen molar-refractivity contribution in [3.05, 3.63) is 29.8 Å². The zero-order chi connectivity index (χ0) is 18.2. The minimum Gasteiger partial charge on any atom is -0.496 e. The normalized spacial score (nSPS) is 19.1. The van der Waals surface area contributed by atoms with Gasteiger partial charge < -0.3 is 20.1 Å². The van der Waals surface area contributed by atoms with Crippen molar-refractivity contribution < 1.29 is 9.47 Å². The van der Waals surface area contributed by atoms with E-state index in [1.54, 1.807) is 7.11 Å². The van der Waals surface area contributed by atoms with E-state index in [-0.39, 0.29) is 29.4 Å². The zero-order valence-electron chi connectivity index (χ0n) is 16.5. The molecule has 0 amide bonds. The number of rotatable bonds is 8. The summed E-state index contributed by atoms with van der Waals surface area (Å²) >= 11 is 0. The molecule has 152 valence electrons. The van der Waals surface area contributed by atoms with E-state index in [4.69, 9.17) is 14.5 Å². The highest BCUT2D eigenvalue weighted by molar-refractivity contribution is 14.0. The lowest BCUT2D eigenvalue weighted by Gasteiger charge is -2.26. The molecule has 1 saturated carbocycles. The number of benzene rings is 1. The molecule has 2 fully saturated rings. The molecular formula is C20H33IN4O2. The SMILES string of the molecule is CCNC(=NCC1(c2ccccc2OC)CC1)NCCN1CCOCC1.I. The van der Waals surface area contributed by atoms with Crippen LogP contribution in [0.3, 0.4) is 0 Å². The average molecular weight is 488 g/mol. The topological polar surface area (TPSA) is 58.1 Å². The quantitative estimate of drug-likeness (QED) is 0.334. The Balaban J connectivity index is 0.00000261. The fourth-order valence-corrected chi connectivity index (χ4v) is 3.48. The predicted molar refractivity (Wildman–Crippen MR) is 121 cm³/mol. The van der Waals surface area contributed by atoms with Gasteiger partial charge in [0.05, 0.1) is 26.9 Å². The molecule has 0 spiro atoms. The summed E-state index contributed by atoms with van der Waals surface area (Å²) in [6, 6.07) is 8.34. The molecule has 1 saturated heterocycles. The summed E-state index contributed by atoms with van der Waals surface area (Å²) in [6.45, 7) is 9.40. The summed E-state index contributed by atoms with van der Waals surface area (Å²) < 4.78 is 11.0. The molecule has 0 aromatic heterocycles. The molecule has 1 aromatic rings. The van der Waals surface area contributed by atoms with Crippen molar-refractivity contribution >= 4 is 29.9 Å². The first-order valence-electron chi connectivity index (χ1n) is 9.73. The number of para-hydroxylation sites is 1. The first-order valence-corrected chi connectivity index (χ1v) is 9.73. The Kier molecular flexibility index (Phi) is 9.11. The van der Waals surface area contributed by atoms with Gasteiger partial charge in [0.15, 0.2) is 5.96 Å². The van der Waals surface area contributed by atoms with Crippen molar-refractivity contribution in [3.63, 3.8) is 0 Å². The van der Waals surface area contributed by atoms with Gasteiger partial charge in [-0.1, -0.05) is 18.2 Å². The van der Waals surface area contributed by atoms with Gasteiger partial charge in [0.1, 0.15) is 5.75 Å². The third-order valence-corrected chi connectivity index (χ3v) is 5.24. The minimum atomic E-state index is 0. The van der Waals surface area contributed by atoms with Gasteiger partial charge in [0.2, 0.25) is 0 Å². The van der Waals surface area contributed by atoms with E-state index in [0.717, 1.165) is 64.2 Å². The summed E-state index contributed by atoms with van der Waals surface area (Å²) in [5, 5.41) is 6.84. The van der Waals surface area contributed by atoms with Crippen LogP contribution in [0.25, 0.3) is 0 Å². The van der Waals surface area contributed by atoms with Crippen molar-refractivity contribution in [2.24, 2.45) is 4.99 Å². The Morgan fingerprint density at radius 2 is 1.96 bits per heavy atom. The molecule has 1 heterocycles. The van der Waals surface area contributed by atoms with Gasteiger partial charge >= 0.3 is 0 Å². The lowest BCUT2D eigenvalue weighted by Crippen LogP contribution is -2.44. The summed E-state index contributed by atoms with van der Waals surface area (Å²) in [4.78, 5) is 7.31. The largest absolute Gasteiger partial charge is 0.496 e. The van der Waals surface area contributed by atoms with Crippen LogP contribution in [0, 0.1) is 0 Å². The number of guanidine groups is 1. The van der Waals surface area contributed by atoms with Crippen LogP contribution in [0.5, 0.6) is 5.75 Å². The number of hydrogen-bond donors (Lipinski definition) is 2.